The van der Waals surface area contributed by atoms with Gasteiger partial charge in [-0.15, -0.1) is 0 Å². The molecule has 0 heterocycles. The van der Waals surface area contributed by atoms with Crippen molar-refractivity contribution in [2.75, 3.05) is 19.8 Å². The highest BCUT2D eigenvalue weighted by atomic mass is 79.9. The highest BCUT2D eigenvalue weighted by molar-refractivity contribution is 9.10. The minimum atomic E-state index is -3.82. The number of anilines is 1. The minimum Gasteiger partial charge on any atom is -0.398 e. The van der Waals surface area contributed by atoms with Crippen molar-refractivity contribution in [2.24, 2.45) is 0 Å². The van der Waals surface area contributed by atoms with Crippen LogP contribution in [0.3, 0.4) is 0 Å². The van der Waals surface area contributed by atoms with Gasteiger partial charge in [0.05, 0.1) is 10.9 Å². The van der Waals surface area contributed by atoms with Crippen molar-refractivity contribution in [2.45, 2.75) is 24.8 Å². The maximum absolute atomic E-state index is 12.3. The zero-order valence-corrected chi connectivity index (χ0v) is 14.2. The zero-order chi connectivity index (χ0) is 15.7. The number of sulfonamides is 1. The zero-order valence-electron chi connectivity index (χ0n) is 11.8. The van der Waals surface area contributed by atoms with Crippen LogP contribution >= 0.6 is 15.9 Å². The second-order valence-electron chi connectivity index (χ2n) is 4.69. The number of nitrogens with one attached hydrogen (secondary N) is 1. The molecule has 0 spiro atoms. The number of nitrogen functional groups attached to an aromatic ring is 1. The van der Waals surface area contributed by atoms with Crippen LogP contribution in [0.4, 0.5) is 5.69 Å². The molecule has 6 nitrogen and oxygen atoms in total. The van der Waals surface area contributed by atoms with Gasteiger partial charge in [-0.25, -0.2) is 8.42 Å². The van der Waals surface area contributed by atoms with Crippen molar-refractivity contribution in [1.82, 2.24) is 9.62 Å². The van der Waals surface area contributed by atoms with Gasteiger partial charge in [-0.2, -0.15) is 4.72 Å². The fourth-order valence-electron chi connectivity index (χ4n) is 1.69. The summed E-state index contributed by atoms with van der Waals surface area (Å²) in [6.07, 6.45) is 0. The Labute approximate surface area is 127 Å². The van der Waals surface area contributed by atoms with Crippen LogP contribution in [0, 0.1) is 6.92 Å². The van der Waals surface area contributed by atoms with E-state index in [-0.39, 0.29) is 10.8 Å². The van der Waals surface area contributed by atoms with E-state index in [1.807, 2.05) is 0 Å². The summed E-state index contributed by atoms with van der Waals surface area (Å²) < 4.78 is 27.6. The average molecular weight is 364 g/mol. The van der Waals surface area contributed by atoms with E-state index in [9.17, 15) is 13.2 Å². The normalized spacial score (nSPS) is 13.1. The Morgan fingerprint density at radius 2 is 1.95 bits per heavy atom. The molecule has 1 unspecified atom stereocenters. The second kappa shape index (κ2) is 6.11. The van der Waals surface area contributed by atoms with Crippen molar-refractivity contribution in [3.63, 3.8) is 0 Å². The number of amides is 1. The fourth-order valence-corrected chi connectivity index (χ4v) is 3.81. The lowest BCUT2D eigenvalue weighted by Gasteiger charge is -2.19. The Kier molecular flexibility index (Phi) is 5.17. The Morgan fingerprint density at radius 3 is 2.45 bits per heavy atom. The fraction of sp³-hybridized carbons (Fsp3) is 0.417. The lowest BCUT2D eigenvalue weighted by molar-refractivity contribution is -0.130. The summed E-state index contributed by atoms with van der Waals surface area (Å²) in [6, 6.07) is 2.23. The molecule has 112 valence electrons. The van der Waals surface area contributed by atoms with E-state index in [1.165, 1.54) is 17.9 Å². The highest BCUT2D eigenvalue weighted by Gasteiger charge is 2.25. The van der Waals surface area contributed by atoms with Crippen LogP contribution in [-0.4, -0.2) is 39.4 Å². The first-order chi connectivity index (χ1) is 9.06. The molecule has 0 saturated heterocycles. The molecule has 0 radical (unpaired) electrons. The Balaban J connectivity index is 3.16. The summed E-state index contributed by atoms with van der Waals surface area (Å²) >= 11 is 3.21. The molecular weight excluding hydrogens is 346 g/mol. The van der Waals surface area contributed by atoms with Crippen LogP contribution in [0.25, 0.3) is 0 Å². The average Bonchev–Trinajstić information content (AvgIpc) is 2.31. The van der Waals surface area contributed by atoms with Crippen LogP contribution < -0.4 is 10.5 Å². The molecule has 1 aromatic carbocycles. The molecule has 0 fully saturated rings. The van der Waals surface area contributed by atoms with Gasteiger partial charge in [0, 0.05) is 24.3 Å². The van der Waals surface area contributed by atoms with Crippen molar-refractivity contribution in [3.8, 4) is 0 Å². The number of halogens is 1. The molecule has 1 aromatic rings. The van der Waals surface area contributed by atoms with Gasteiger partial charge in [-0.1, -0.05) is 15.9 Å². The number of hydrogen-bond acceptors (Lipinski definition) is 4. The van der Waals surface area contributed by atoms with Gasteiger partial charge in [0.1, 0.15) is 0 Å². The van der Waals surface area contributed by atoms with E-state index in [2.05, 4.69) is 20.7 Å². The van der Waals surface area contributed by atoms with Crippen molar-refractivity contribution in [1.29, 1.82) is 0 Å². The lowest BCUT2D eigenvalue weighted by Crippen LogP contribution is -2.44. The Morgan fingerprint density at radius 1 is 1.40 bits per heavy atom. The number of carbonyl (C=O) groups excluding carboxylic acids is 1. The topological polar surface area (TPSA) is 92.5 Å². The minimum absolute atomic E-state index is 0.0581. The smallest absolute Gasteiger partial charge is 0.241 e. The number of carbonyl (C=O) groups is 1. The van der Waals surface area contributed by atoms with E-state index in [4.69, 9.17) is 5.73 Å². The molecule has 0 bridgehead atoms. The monoisotopic (exact) mass is 363 g/mol. The lowest BCUT2D eigenvalue weighted by atomic mass is 10.2. The van der Waals surface area contributed by atoms with E-state index in [0.717, 1.165) is 0 Å². The predicted octanol–water partition coefficient (Wildman–Crippen LogP) is 1.09. The van der Waals surface area contributed by atoms with Gasteiger partial charge in [0.15, 0.2) is 0 Å². The molecule has 8 heteroatoms. The molecule has 0 aliphatic carbocycles. The summed E-state index contributed by atoms with van der Waals surface area (Å²) in [5, 5.41) is 0. The summed E-state index contributed by atoms with van der Waals surface area (Å²) in [7, 11) is -0.691. The molecular formula is C12H18BrN3O3S. The summed E-state index contributed by atoms with van der Waals surface area (Å²) in [6.45, 7) is 3.12. The maximum atomic E-state index is 12.3. The van der Waals surface area contributed by atoms with E-state index < -0.39 is 16.1 Å². The second-order valence-corrected chi connectivity index (χ2v) is 7.29. The highest BCUT2D eigenvalue weighted by Crippen LogP contribution is 2.26. The van der Waals surface area contributed by atoms with Gasteiger partial charge in [0.2, 0.25) is 15.9 Å². The van der Waals surface area contributed by atoms with Crippen LogP contribution in [0.1, 0.15) is 12.5 Å². The third-order valence-electron chi connectivity index (χ3n) is 2.80. The van der Waals surface area contributed by atoms with E-state index in [1.54, 1.807) is 27.1 Å². The van der Waals surface area contributed by atoms with Crippen LogP contribution in [0.5, 0.6) is 0 Å². The number of benzene rings is 1. The third-order valence-corrected chi connectivity index (χ3v) is 4.92. The molecule has 0 aliphatic heterocycles. The molecule has 0 aromatic heterocycles. The number of likely N-dealkylation sites (N-methyl/N-ethyl adjacent to an activating group) is 1. The van der Waals surface area contributed by atoms with E-state index in [0.29, 0.717) is 15.7 Å². The molecule has 1 rings (SSSR count). The third kappa shape index (κ3) is 3.71. The van der Waals surface area contributed by atoms with Crippen LogP contribution in [0.2, 0.25) is 0 Å². The number of rotatable bonds is 4. The molecule has 3 N–H and O–H groups in total. The maximum Gasteiger partial charge on any atom is 0.241 e. The van der Waals surface area contributed by atoms with Crippen molar-refractivity contribution in [3.05, 3.63) is 22.2 Å². The molecule has 1 amide bonds. The summed E-state index contributed by atoms with van der Waals surface area (Å²) in [5.41, 5.74) is 6.58. The molecule has 0 aliphatic rings. The van der Waals surface area contributed by atoms with Gasteiger partial charge in [0.25, 0.3) is 0 Å². The number of hydrogen-bond donors (Lipinski definition) is 2. The molecule has 20 heavy (non-hydrogen) atoms. The van der Waals surface area contributed by atoms with Crippen LogP contribution in [0.15, 0.2) is 21.5 Å². The van der Waals surface area contributed by atoms with Gasteiger partial charge in [-0.05, 0) is 31.5 Å². The first kappa shape index (κ1) is 16.9. The van der Waals surface area contributed by atoms with Gasteiger partial charge < -0.3 is 10.6 Å². The summed E-state index contributed by atoms with van der Waals surface area (Å²) in [4.78, 5) is 13.1. The number of nitrogens with two attached hydrogens (primary N) is 1. The van der Waals surface area contributed by atoms with Gasteiger partial charge in [-0.3, -0.25) is 4.79 Å². The van der Waals surface area contributed by atoms with Crippen molar-refractivity contribution < 1.29 is 13.2 Å². The Hall–Kier alpha value is -1.12. The number of nitrogens with zero attached hydrogens (tertiary/aromatic N) is 1. The van der Waals surface area contributed by atoms with E-state index >= 15 is 0 Å². The first-order valence-corrected chi connectivity index (χ1v) is 8.13. The Bertz CT molecular complexity index is 629. The van der Waals surface area contributed by atoms with Gasteiger partial charge >= 0.3 is 0 Å². The van der Waals surface area contributed by atoms with Crippen molar-refractivity contribution >= 4 is 37.5 Å². The molecule has 0 saturated carbocycles. The standard InChI is InChI=1S/C12H18BrN3O3S/c1-7-10(14)5-9(13)6-11(7)20(18,19)15-8(2)12(17)16(3)4/h5-6,8,15H,14H2,1-4H3. The largest absolute Gasteiger partial charge is 0.398 e. The SMILES string of the molecule is Cc1c(N)cc(Br)cc1S(=O)(=O)NC(C)C(=O)N(C)C. The summed E-state index contributed by atoms with van der Waals surface area (Å²) in [5.74, 6) is -0.325. The quantitative estimate of drug-likeness (QED) is 0.783. The molecule has 1 atom stereocenters. The van der Waals surface area contributed by atoms with Crippen LogP contribution in [-0.2, 0) is 14.8 Å². The first-order valence-electron chi connectivity index (χ1n) is 5.85. The predicted molar refractivity (Wildman–Crippen MR) is 81.8 cm³/mol.